The number of nitrogens with zero attached hydrogens (tertiary/aromatic N) is 1. The van der Waals surface area contributed by atoms with Gasteiger partial charge in [-0.3, -0.25) is 14.5 Å². The van der Waals surface area contributed by atoms with E-state index < -0.39 is 23.9 Å². The van der Waals surface area contributed by atoms with Crippen molar-refractivity contribution in [3.05, 3.63) is 68.3 Å². The standard InChI is InChI=1S/C35H42INO6/c1-3-22-19-26-32(35(42)37(34(26)41)25-12-8-5-9-13-25)27(20-38)31(22)29(39)15-14-24(23-10-6-4-7-11-23)16-21-17-28(36)33(40)30(18-21)43-2/h4,6-7,10-11,16-18,25-27,29,32,38-40H,3,5,8-9,12-15,19-20H2,1-2H3/b24-16-/t26-,27+,29-,32-/m1/s1. The van der Waals surface area contributed by atoms with Crippen molar-refractivity contribution in [2.45, 2.75) is 76.9 Å². The SMILES string of the molecule is CCC1=C([C@H](O)CC/C(=C/c2cc(I)c(O)c(OC)c2)c2ccccc2)[C@H](CO)[C@@H]2C(=O)N(C3CCCCC3)C(=O)[C@@H]2C1. The van der Waals surface area contributed by atoms with E-state index in [-0.39, 0.29) is 30.2 Å². The molecule has 2 fully saturated rings. The Morgan fingerprint density at radius 2 is 1.84 bits per heavy atom. The van der Waals surface area contributed by atoms with Gasteiger partial charge in [0.15, 0.2) is 11.5 Å². The number of imide groups is 1. The summed E-state index contributed by atoms with van der Waals surface area (Å²) in [5.74, 6) is -1.40. The number of methoxy groups -OCH3 is 1. The van der Waals surface area contributed by atoms with Crippen molar-refractivity contribution in [1.29, 1.82) is 0 Å². The number of hydrogen-bond acceptors (Lipinski definition) is 6. The molecule has 4 atom stereocenters. The number of aromatic hydroxyl groups is 1. The molecule has 3 N–H and O–H groups in total. The van der Waals surface area contributed by atoms with Crippen LogP contribution in [0.1, 0.15) is 75.8 Å². The number of amides is 2. The van der Waals surface area contributed by atoms with E-state index in [2.05, 4.69) is 22.6 Å². The summed E-state index contributed by atoms with van der Waals surface area (Å²) >= 11 is 2.08. The lowest BCUT2D eigenvalue weighted by molar-refractivity contribution is -0.143. The van der Waals surface area contributed by atoms with Crippen LogP contribution in [0.5, 0.6) is 11.5 Å². The molecule has 0 bridgehead atoms. The van der Waals surface area contributed by atoms with E-state index in [0.717, 1.165) is 60.0 Å². The van der Waals surface area contributed by atoms with Crippen molar-refractivity contribution in [2.75, 3.05) is 13.7 Å². The van der Waals surface area contributed by atoms with Gasteiger partial charge in [0.05, 0.1) is 35.2 Å². The molecule has 3 aliphatic rings. The number of halogens is 1. The highest BCUT2D eigenvalue weighted by Crippen LogP contribution is 2.48. The first-order valence-corrected chi connectivity index (χ1v) is 16.6. The maximum absolute atomic E-state index is 13.8. The van der Waals surface area contributed by atoms with Crippen LogP contribution in [0.25, 0.3) is 11.6 Å². The Kier molecular flexibility index (Phi) is 10.3. The largest absolute Gasteiger partial charge is 0.504 e. The van der Waals surface area contributed by atoms with Gasteiger partial charge in [0, 0.05) is 12.0 Å². The molecule has 230 valence electrons. The summed E-state index contributed by atoms with van der Waals surface area (Å²) in [7, 11) is 1.52. The first-order chi connectivity index (χ1) is 20.8. The summed E-state index contributed by atoms with van der Waals surface area (Å²) in [6.07, 6.45) is 8.13. The van der Waals surface area contributed by atoms with E-state index in [0.29, 0.717) is 35.0 Å². The number of ether oxygens (including phenoxy) is 1. The highest BCUT2D eigenvalue weighted by Gasteiger charge is 2.56. The van der Waals surface area contributed by atoms with Gasteiger partial charge < -0.3 is 20.1 Å². The lowest BCUT2D eigenvalue weighted by Crippen LogP contribution is -2.42. The maximum atomic E-state index is 13.8. The number of aliphatic hydroxyl groups excluding tert-OH is 2. The number of phenolic OH excluding ortho intramolecular Hbond substituents is 1. The van der Waals surface area contributed by atoms with Crippen molar-refractivity contribution in [3.8, 4) is 11.5 Å². The molecule has 5 rings (SSSR count). The Bertz CT molecular complexity index is 1400. The zero-order valence-corrected chi connectivity index (χ0v) is 27.1. The van der Waals surface area contributed by atoms with Crippen LogP contribution in [-0.4, -0.2) is 57.9 Å². The van der Waals surface area contributed by atoms with Gasteiger partial charge >= 0.3 is 0 Å². The number of carbonyl (C=O) groups excluding carboxylic acids is 2. The summed E-state index contributed by atoms with van der Waals surface area (Å²) in [5.41, 5.74) is 4.62. The molecule has 0 spiro atoms. The number of carbonyl (C=O) groups is 2. The minimum absolute atomic E-state index is 0.0442. The fourth-order valence-corrected chi connectivity index (χ4v) is 8.08. The van der Waals surface area contributed by atoms with Gasteiger partial charge in [-0.25, -0.2) is 0 Å². The molecule has 1 heterocycles. The molecular formula is C35H42INO6. The average molecular weight is 700 g/mol. The number of hydrogen-bond donors (Lipinski definition) is 3. The number of likely N-dealkylation sites (tertiary alicyclic amines) is 1. The molecule has 2 aromatic rings. The van der Waals surface area contributed by atoms with Crippen LogP contribution in [0.3, 0.4) is 0 Å². The lowest BCUT2D eigenvalue weighted by Gasteiger charge is -2.36. The van der Waals surface area contributed by atoms with Crippen molar-refractivity contribution < 1.29 is 29.6 Å². The number of benzene rings is 2. The minimum Gasteiger partial charge on any atom is -0.504 e. The van der Waals surface area contributed by atoms with Gasteiger partial charge in [-0.05, 0) is 95.5 Å². The molecule has 1 saturated carbocycles. The van der Waals surface area contributed by atoms with Crippen LogP contribution in [0.2, 0.25) is 0 Å². The van der Waals surface area contributed by atoms with Crippen molar-refractivity contribution in [1.82, 2.24) is 4.90 Å². The van der Waals surface area contributed by atoms with Gasteiger partial charge in [-0.15, -0.1) is 0 Å². The third-order valence-electron chi connectivity index (χ3n) is 9.58. The highest BCUT2D eigenvalue weighted by molar-refractivity contribution is 14.1. The predicted molar refractivity (Wildman–Crippen MR) is 175 cm³/mol. The molecule has 7 nitrogen and oxygen atoms in total. The monoisotopic (exact) mass is 699 g/mol. The van der Waals surface area contributed by atoms with Gasteiger partial charge in [0.25, 0.3) is 0 Å². The Morgan fingerprint density at radius 1 is 1.12 bits per heavy atom. The van der Waals surface area contributed by atoms with E-state index in [4.69, 9.17) is 4.74 Å². The Balaban J connectivity index is 1.42. The van der Waals surface area contributed by atoms with E-state index in [9.17, 15) is 24.9 Å². The first-order valence-electron chi connectivity index (χ1n) is 15.5. The average Bonchev–Trinajstić information content (AvgIpc) is 3.29. The number of aliphatic hydroxyl groups is 2. The van der Waals surface area contributed by atoms with Crippen LogP contribution in [0.15, 0.2) is 53.6 Å². The molecule has 0 unspecified atom stereocenters. The number of rotatable bonds is 10. The molecular weight excluding hydrogens is 657 g/mol. The molecule has 2 amide bonds. The Labute approximate surface area is 267 Å². The lowest BCUT2D eigenvalue weighted by atomic mass is 9.67. The summed E-state index contributed by atoms with van der Waals surface area (Å²) in [4.78, 5) is 28.9. The molecule has 2 aromatic carbocycles. The summed E-state index contributed by atoms with van der Waals surface area (Å²) in [5, 5.41) is 32.7. The molecule has 0 aromatic heterocycles. The summed E-state index contributed by atoms with van der Waals surface area (Å²) < 4.78 is 6.04. The smallest absolute Gasteiger partial charge is 0.234 e. The topological polar surface area (TPSA) is 107 Å². The van der Waals surface area contributed by atoms with E-state index in [1.54, 1.807) is 6.07 Å². The molecule has 0 radical (unpaired) electrons. The van der Waals surface area contributed by atoms with E-state index >= 15 is 0 Å². The van der Waals surface area contributed by atoms with Crippen LogP contribution in [-0.2, 0) is 9.59 Å². The van der Waals surface area contributed by atoms with Gasteiger partial charge in [-0.2, -0.15) is 0 Å². The van der Waals surface area contributed by atoms with Gasteiger partial charge in [-0.1, -0.05) is 68.2 Å². The quantitative estimate of drug-likeness (QED) is 0.116. The number of fused-ring (bicyclic) bond motifs is 1. The highest BCUT2D eigenvalue weighted by atomic mass is 127. The van der Waals surface area contributed by atoms with E-state index in [1.165, 1.54) is 12.0 Å². The molecule has 43 heavy (non-hydrogen) atoms. The first kappa shape index (κ1) is 31.7. The van der Waals surface area contributed by atoms with Crippen LogP contribution >= 0.6 is 22.6 Å². The second-order valence-corrected chi connectivity index (χ2v) is 13.2. The van der Waals surface area contributed by atoms with Crippen LogP contribution in [0.4, 0.5) is 0 Å². The second kappa shape index (κ2) is 13.9. The zero-order chi connectivity index (χ0) is 30.7. The van der Waals surface area contributed by atoms with Gasteiger partial charge in [0.2, 0.25) is 11.8 Å². The number of allylic oxidation sites excluding steroid dienone is 2. The van der Waals surface area contributed by atoms with E-state index in [1.807, 2.05) is 49.4 Å². The molecule has 1 aliphatic heterocycles. The van der Waals surface area contributed by atoms with Crippen molar-refractivity contribution in [2.24, 2.45) is 17.8 Å². The normalized spacial score (nSPS) is 24.0. The zero-order valence-electron chi connectivity index (χ0n) is 25.0. The Morgan fingerprint density at radius 3 is 2.49 bits per heavy atom. The summed E-state index contributed by atoms with van der Waals surface area (Å²) in [6.45, 7) is 1.74. The second-order valence-electron chi connectivity index (χ2n) is 12.0. The van der Waals surface area contributed by atoms with Crippen molar-refractivity contribution in [3.63, 3.8) is 0 Å². The molecule has 2 aliphatic carbocycles. The molecule has 8 heteroatoms. The fraction of sp³-hybridized carbons (Fsp3) is 0.486. The predicted octanol–water partition coefficient (Wildman–Crippen LogP) is 6.34. The fourth-order valence-electron chi connectivity index (χ4n) is 7.46. The summed E-state index contributed by atoms with van der Waals surface area (Å²) in [6, 6.07) is 13.6. The third kappa shape index (κ3) is 6.42. The molecule has 1 saturated heterocycles. The van der Waals surface area contributed by atoms with Crippen LogP contribution < -0.4 is 4.74 Å². The van der Waals surface area contributed by atoms with Crippen molar-refractivity contribution >= 4 is 46.1 Å². The maximum Gasteiger partial charge on any atom is 0.234 e. The Hall–Kier alpha value is -2.69. The van der Waals surface area contributed by atoms with Gasteiger partial charge in [0.1, 0.15) is 0 Å². The number of phenols is 1. The third-order valence-corrected chi connectivity index (χ3v) is 10.4. The van der Waals surface area contributed by atoms with Crippen LogP contribution in [0, 0.1) is 21.3 Å². The minimum atomic E-state index is -0.860.